The minimum atomic E-state index is -0.494. The second-order valence-electron chi connectivity index (χ2n) is 4.78. The smallest absolute Gasteiger partial charge is 0.339 e. The first-order valence-corrected chi connectivity index (χ1v) is 8.16. The van der Waals surface area contributed by atoms with Gasteiger partial charge < -0.3 is 14.6 Å². The van der Waals surface area contributed by atoms with Crippen LogP contribution in [0.15, 0.2) is 24.3 Å². The summed E-state index contributed by atoms with van der Waals surface area (Å²) < 4.78 is 10.1. The van der Waals surface area contributed by atoms with Crippen molar-refractivity contribution in [3.63, 3.8) is 0 Å². The SMILES string of the molecule is CCCCCCOC(=O)c1ccccc1C(=O)OCC.CCO. The number of ether oxygens (including phenoxy) is 2. The van der Waals surface area contributed by atoms with Crippen LogP contribution in [-0.4, -0.2) is 36.9 Å². The molecule has 130 valence electrons. The van der Waals surface area contributed by atoms with E-state index in [0.29, 0.717) is 6.61 Å². The third-order valence-electron chi connectivity index (χ3n) is 2.87. The van der Waals surface area contributed by atoms with Crippen LogP contribution in [0.5, 0.6) is 0 Å². The van der Waals surface area contributed by atoms with Gasteiger partial charge in [0.1, 0.15) is 0 Å². The zero-order valence-electron chi connectivity index (χ0n) is 14.3. The van der Waals surface area contributed by atoms with Gasteiger partial charge >= 0.3 is 11.9 Å². The van der Waals surface area contributed by atoms with E-state index in [1.807, 2.05) is 0 Å². The van der Waals surface area contributed by atoms with Gasteiger partial charge in [0, 0.05) is 6.61 Å². The lowest BCUT2D eigenvalue weighted by molar-refractivity contribution is 0.0462. The summed E-state index contributed by atoms with van der Waals surface area (Å²) in [6.45, 7) is 6.45. The van der Waals surface area contributed by atoms with Gasteiger partial charge in [0.25, 0.3) is 0 Å². The number of rotatable bonds is 8. The summed E-state index contributed by atoms with van der Waals surface area (Å²) in [4.78, 5) is 23.7. The van der Waals surface area contributed by atoms with Crippen LogP contribution in [0.25, 0.3) is 0 Å². The zero-order valence-corrected chi connectivity index (χ0v) is 14.3. The Hall–Kier alpha value is -1.88. The second-order valence-corrected chi connectivity index (χ2v) is 4.78. The van der Waals surface area contributed by atoms with Crippen LogP contribution >= 0.6 is 0 Å². The molecule has 0 atom stereocenters. The van der Waals surface area contributed by atoms with E-state index >= 15 is 0 Å². The van der Waals surface area contributed by atoms with Crippen LogP contribution in [0, 0.1) is 0 Å². The van der Waals surface area contributed by atoms with Crippen molar-refractivity contribution in [2.24, 2.45) is 0 Å². The van der Waals surface area contributed by atoms with Crippen molar-refractivity contribution < 1.29 is 24.2 Å². The molecule has 0 unspecified atom stereocenters. The summed E-state index contributed by atoms with van der Waals surface area (Å²) >= 11 is 0. The highest BCUT2D eigenvalue weighted by Crippen LogP contribution is 2.12. The molecule has 0 bridgehead atoms. The minimum Gasteiger partial charge on any atom is -0.462 e. The lowest BCUT2D eigenvalue weighted by Crippen LogP contribution is -2.14. The average Bonchev–Trinajstić information content (AvgIpc) is 2.55. The van der Waals surface area contributed by atoms with Crippen LogP contribution in [-0.2, 0) is 9.47 Å². The fourth-order valence-electron chi connectivity index (χ4n) is 1.82. The number of carbonyl (C=O) groups excluding carboxylic acids is 2. The molecule has 0 aliphatic rings. The molecule has 0 aliphatic heterocycles. The summed E-state index contributed by atoms with van der Waals surface area (Å²) in [5.41, 5.74) is 0.523. The molecule has 0 aromatic heterocycles. The molecule has 0 spiro atoms. The molecule has 0 saturated carbocycles. The Morgan fingerprint density at radius 3 is 1.91 bits per heavy atom. The molecule has 1 rings (SSSR count). The van der Waals surface area contributed by atoms with Crippen molar-refractivity contribution >= 4 is 11.9 Å². The molecule has 5 heteroatoms. The summed E-state index contributed by atoms with van der Waals surface area (Å²) in [6.07, 6.45) is 4.17. The van der Waals surface area contributed by atoms with Gasteiger partial charge in [0.2, 0.25) is 0 Å². The molecule has 0 radical (unpaired) electrons. The molecule has 0 saturated heterocycles. The van der Waals surface area contributed by atoms with Crippen molar-refractivity contribution in [3.05, 3.63) is 35.4 Å². The Morgan fingerprint density at radius 2 is 1.43 bits per heavy atom. The van der Waals surface area contributed by atoms with Gasteiger partial charge in [-0.1, -0.05) is 38.3 Å². The largest absolute Gasteiger partial charge is 0.462 e. The Kier molecular flexibility index (Phi) is 12.6. The fourth-order valence-corrected chi connectivity index (χ4v) is 1.82. The van der Waals surface area contributed by atoms with Crippen LogP contribution in [0.3, 0.4) is 0 Å². The van der Waals surface area contributed by atoms with Gasteiger partial charge in [-0.05, 0) is 32.4 Å². The highest BCUT2D eigenvalue weighted by molar-refractivity contribution is 6.03. The zero-order chi connectivity index (χ0) is 17.5. The predicted octanol–water partition coefficient (Wildman–Crippen LogP) is 3.60. The maximum Gasteiger partial charge on any atom is 0.339 e. The number of aliphatic hydroxyl groups excluding tert-OH is 1. The summed E-state index contributed by atoms with van der Waals surface area (Å²) in [5.74, 6) is -0.962. The van der Waals surface area contributed by atoms with Crippen molar-refractivity contribution in [3.8, 4) is 0 Å². The van der Waals surface area contributed by atoms with Crippen LogP contribution in [0.4, 0.5) is 0 Å². The van der Waals surface area contributed by atoms with Crippen molar-refractivity contribution in [2.75, 3.05) is 19.8 Å². The minimum absolute atomic E-state index is 0.250. The Balaban J connectivity index is 0.00000149. The number of hydrogen-bond donors (Lipinski definition) is 1. The Bertz CT molecular complexity index is 456. The molecule has 0 fully saturated rings. The van der Waals surface area contributed by atoms with Gasteiger partial charge in [-0.3, -0.25) is 0 Å². The van der Waals surface area contributed by atoms with Crippen molar-refractivity contribution in [1.29, 1.82) is 0 Å². The number of hydrogen-bond acceptors (Lipinski definition) is 5. The third kappa shape index (κ3) is 8.98. The van der Waals surface area contributed by atoms with Gasteiger partial charge in [-0.15, -0.1) is 0 Å². The van der Waals surface area contributed by atoms with E-state index in [0.717, 1.165) is 25.7 Å². The van der Waals surface area contributed by atoms with Gasteiger partial charge in [-0.25, -0.2) is 9.59 Å². The van der Waals surface area contributed by atoms with E-state index in [4.69, 9.17) is 14.6 Å². The first-order chi connectivity index (χ1) is 11.1. The first kappa shape index (κ1) is 21.1. The quantitative estimate of drug-likeness (QED) is 0.584. The monoisotopic (exact) mass is 324 g/mol. The number of esters is 2. The van der Waals surface area contributed by atoms with Gasteiger partial charge in [0.05, 0.1) is 24.3 Å². The van der Waals surface area contributed by atoms with E-state index in [1.165, 1.54) is 0 Å². The molecule has 0 aliphatic carbocycles. The van der Waals surface area contributed by atoms with Gasteiger partial charge in [-0.2, -0.15) is 0 Å². The summed E-state index contributed by atoms with van der Waals surface area (Å²) in [7, 11) is 0. The molecule has 0 heterocycles. The summed E-state index contributed by atoms with van der Waals surface area (Å²) in [5, 5.41) is 7.57. The Morgan fingerprint density at radius 1 is 0.913 bits per heavy atom. The van der Waals surface area contributed by atoms with Crippen molar-refractivity contribution in [2.45, 2.75) is 46.5 Å². The molecule has 1 N–H and O–H groups in total. The first-order valence-electron chi connectivity index (χ1n) is 8.16. The number of benzene rings is 1. The van der Waals surface area contributed by atoms with Crippen molar-refractivity contribution in [1.82, 2.24) is 0 Å². The van der Waals surface area contributed by atoms with E-state index in [-0.39, 0.29) is 24.3 Å². The van der Waals surface area contributed by atoms with Gasteiger partial charge in [0.15, 0.2) is 0 Å². The predicted molar refractivity (Wildman–Crippen MR) is 89.6 cm³/mol. The highest BCUT2D eigenvalue weighted by atomic mass is 16.5. The van der Waals surface area contributed by atoms with E-state index < -0.39 is 11.9 Å². The standard InChI is InChI=1S/C16H22O4.C2H6O/c1-3-5-6-9-12-20-16(18)14-11-8-7-10-13(14)15(17)19-4-2;1-2-3/h7-8,10-11H,3-6,9,12H2,1-2H3;3H,2H2,1H3. The van der Waals surface area contributed by atoms with E-state index in [1.54, 1.807) is 38.1 Å². The molecular formula is C18H28O5. The molecule has 1 aromatic rings. The van der Waals surface area contributed by atoms with E-state index in [9.17, 15) is 9.59 Å². The highest BCUT2D eigenvalue weighted by Gasteiger charge is 2.18. The average molecular weight is 324 g/mol. The normalized spacial score (nSPS) is 9.57. The number of unbranched alkanes of at least 4 members (excludes halogenated alkanes) is 3. The van der Waals surface area contributed by atoms with Crippen LogP contribution < -0.4 is 0 Å². The number of aliphatic hydroxyl groups is 1. The maximum absolute atomic E-state index is 12.0. The number of carbonyl (C=O) groups is 2. The molecular weight excluding hydrogens is 296 g/mol. The lowest BCUT2D eigenvalue weighted by Gasteiger charge is -2.08. The lowest BCUT2D eigenvalue weighted by atomic mass is 10.1. The molecule has 5 nitrogen and oxygen atoms in total. The Labute approximate surface area is 138 Å². The third-order valence-corrected chi connectivity index (χ3v) is 2.87. The van der Waals surface area contributed by atoms with E-state index in [2.05, 4.69) is 6.92 Å². The van der Waals surface area contributed by atoms with Crippen LogP contribution in [0.2, 0.25) is 0 Å². The van der Waals surface area contributed by atoms with Crippen LogP contribution in [0.1, 0.15) is 67.2 Å². The summed E-state index contributed by atoms with van der Waals surface area (Å²) in [6, 6.07) is 6.56. The second kappa shape index (κ2) is 13.8. The fraction of sp³-hybridized carbons (Fsp3) is 0.556. The topological polar surface area (TPSA) is 72.8 Å². The maximum atomic E-state index is 12.0. The molecule has 1 aromatic carbocycles. The molecule has 23 heavy (non-hydrogen) atoms. The molecule has 0 amide bonds.